The fourth-order valence-electron chi connectivity index (χ4n) is 2.34. The second kappa shape index (κ2) is 8.96. The Morgan fingerprint density at radius 1 is 1.39 bits per heavy atom. The Morgan fingerprint density at radius 3 is 2.65 bits per heavy atom. The van der Waals surface area contributed by atoms with Crippen LogP contribution in [0, 0.1) is 6.92 Å². The van der Waals surface area contributed by atoms with E-state index in [-0.39, 0.29) is 18.3 Å². The summed E-state index contributed by atoms with van der Waals surface area (Å²) >= 11 is 1.68. The largest absolute Gasteiger partial charge is 0.320 e. The van der Waals surface area contributed by atoms with Crippen molar-refractivity contribution in [3.8, 4) is 11.1 Å². The van der Waals surface area contributed by atoms with E-state index in [4.69, 9.17) is 5.73 Å². The molecule has 0 unspecified atom stereocenters. The quantitative estimate of drug-likeness (QED) is 0.836. The minimum absolute atomic E-state index is 0. The molecule has 5 nitrogen and oxygen atoms in total. The molecule has 2 rings (SSSR count). The van der Waals surface area contributed by atoms with Gasteiger partial charge in [-0.1, -0.05) is 30.3 Å². The van der Waals surface area contributed by atoms with Crippen LogP contribution in [0.2, 0.25) is 0 Å². The van der Waals surface area contributed by atoms with E-state index in [2.05, 4.69) is 10.4 Å². The highest BCUT2D eigenvalue weighted by atomic mass is 35.5. The lowest BCUT2D eigenvalue weighted by Gasteiger charge is -2.13. The molecule has 0 radical (unpaired) electrons. The van der Waals surface area contributed by atoms with Crippen molar-refractivity contribution in [2.75, 3.05) is 17.3 Å². The smallest absolute Gasteiger partial charge is 0.242 e. The van der Waals surface area contributed by atoms with Crippen molar-refractivity contribution in [1.82, 2.24) is 9.78 Å². The number of amides is 1. The van der Waals surface area contributed by atoms with Crippen LogP contribution in [0.15, 0.2) is 30.3 Å². The summed E-state index contributed by atoms with van der Waals surface area (Å²) in [4.78, 5) is 12.3. The Labute approximate surface area is 147 Å². The van der Waals surface area contributed by atoms with Gasteiger partial charge in [0.05, 0.1) is 11.7 Å². The van der Waals surface area contributed by atoms with Crippen LogP contribution < -0.4 is 11.1 Å². The van der Waals surface area contributed by atoms with Crippen LogP contribution in [0.25, 0.3) is 11.1 Å². The summed E-state index contributed by atoms with van der Waals surface area (Å²) < 4.78 is 1.69. The predicted octanol–water partition coefficient (Wildman–Crippen LogP) is 2.84. The lowest BCUT2D eigenvalue weighted by atomic mass is 10.1. The van der Waals surface area contributed by atoms with Gasteiger partial charge in [-0.05, 0) is 30.9 Å². The molecule has 0 spiro atoms. The summed E-state index contributed by atoms with van der Waals surface area (Å²) in [6, 6.07) is 9.41. The summed E-state index contributed by atoms with van der Waals surface area (Å²) in [6.07, 6.45) is 2.66. The number of nitrogens with zero attached hydrogens (tertiary/aromatic N) is 2. The normalized spacial score (nSPS) is 11.7. The first-order valence-electron chi connectivity index (χ1n) is 7.19. The van der Waals surface area contributed by atoms with Crippen molar-refractivity contribution in [2.24, 2.45) is 12.8 Å². The average Bonchev–Trinajstić information content (AvgIpc) is 2.79. The van der Waals surface area contributed by atoms with Gasteiger partial charge in [0.1, 0.15) is 5.82 Å². The molecule has 1 aromatic heterocycles. The third-order valence-electron chi connectivity index (χ3n) is 3.50. The summed E-state index contributed by atoms with van der Waals surface area (Å²) in [5.74, 6) is 1.38. The summed E-state index contributed by atoms with van der Waals surface area (Å²) in [7, 11) is 1.82. The van der Waals surface area contributed by atoms with Crippen molar-refractivity contribution in [3.63, 3.8) is 0 Å². The van der Waals surface area contributed by atoms with Gasteiger partial charge >= 0.3 is 0 Å². The highest BCUT2D eigenvalue weighted by molar-refractivity contribution is 7.98. The lowest BCUT2D eigenvalue weighted by molar-refractivity contribution is -0.117. The van der Waals surface area contributed by atoms with Gasteiger partial charge < -0.3 is 11.1 Å². The number of thioether (sulfide) groups is 1. The summed E-state index contributed by atoms with van der Waals surface area (Å²) in [5, 5.41) is 7.35. The number of carbonyl (C=O) groups is 1. The first-order chi connectivity index (χ1) is 10.5. The molecule has 7 heteroatoms. The Bertz CT molecular complexity index is 645. The molecular weight excluding hydrogens is 332 g/mol. The number of aryl methyl sites for hydroxylation is 2. The van der Waals surface area contributed by atoms with E-state index < -0.39 is 6.04 Å². The summed E-state index contributed by atoms with van der Waals surface area (Å²) in [5.41, 5.74) is 8.79. The van der Waals surface area contributed by atoms with Crippen LogP contribution >= 0.6 is 24.2 Å². The molecule has 126 valence electrons. The zero-order chi connectivity index (χ0) is 16.1. The molecule has 0 aliphatic carbocycles. The fraction of sp³-hybridized carbons (Fsp3) is 0.375. The van der Waals surface area contributed by atoms with E-state index in [0.717, 1.165) is 22.6 Å². The Kier molecular flexibility index (Phi) is 7.61. The van der Waals surface area contributed by atoms with Crippen LogP contribution in [-0.2, 0) is 11.8 Å². The number of benzene rings is 1. The molecule has 1 aromatic carbocycles. The number of hydrogen-bond donors (Lipinski definition) is 2. The minimum Gasteiger partial charge on any atom is -0.320 e. The van der Waals surface area contributed by atoms with E-state index in [0.29, 0.717) is 12.2 Å². The monoisotopic (exact) mass is 354 g/mol. The maximum Gasteiger partial charge on any atom is 0.242 e. The molecule has 3 N–H and O–H groups in total. The number of rotatable bonds is 6. The number of hydrogen-bond acceptors (Lipinski definition) is 4. The first-order valence-corrected chi connectivity index (χ1v) is 8.58. The van der Waals surface area contributed by atoms with Gasteiger partial charge in [-0.2, -0.15) is 16.9 Å². The van der Waals surface area contributed by atoms with Crippen LogP contribution in [0.1, 0.15) is 12.1 Å². The van der Waals surface area contributed by atoms with Crippen LogP contribution in [0.5, 0.6) is 0 Å². The Hall–Kier alpha value is -1.50. The predicted molar refractivity (Wildman–Crippen MR) is 100 cm³/mol. The molecule has 0 bridgehead atoms. The van der Waals surface area contributed by atoms with E-state index in [1.165, 1.54) is 0 Å². The molecule has 0 aliphatic rings. The third kappa shape index (κ3) is 4.73. The molecule has 23 heavy (non-hydrogen) atoms. The second-order valence-corrected chi connectivity index (χ2v) is 6.16. The number of carbonyl (C=O) groups excluding carboxylic acids is 1. The van der Waals surface area contributed by atoms with Crippen LogP contribution in [0.4, 0.5) is 5.82 Å². The van der Waals surface area contributed by atoms with Crippen molar-refractivity contribution < 1.29 is 4.79 Å². The molecule has 0 saturated carbocycles. The molecule has 0 fully saturated rings. The van der Waals surface area contributed by atoms with Gasteiger partial charge in [-0.15, -0.1) is 12.4 Å². The minimum atomic E-state index is -0.508. The van der Waals surface area contributed by atoms with E-state index in [1.807, 2.05) is 50.6 Å². The summed E-state index contributed by atoms with van der Waals surface area (Å²) in [6.45, 7) is 1.94. The van der Waals surface area contributed by atoms with Gasteiger partial charge in [0, 0.05) is 12.6 Å². The van der Waals surface area contributed by atoms with Crippen molar-refractivity contribution in [1.29, 1.82) is 0 Å². The molecule has 1 heterocycles. The lowest BCUT2D eigenvalue weighted by Crippen LogP contribution is -2.36. The topological polar surface area (TPSA) is 72.9 Å². The van der Waals surface area contributed by atoms with Gasteiger partial charge in [0.25, 0.3) is 0 Å². The average molecular weight is 355 g/mol. The Balaban J connectivity index is 0.00000264. The number of nitrogens with two attached hydrogens (primary N) is 1. The van der Waals surface area contributed by atoms with Crippen LogP contribution in [0.3, 0.4) is 0 Å². The van der Waals surface area contributed by atoms with E-state index in [9.17, 15) is 4.79 Å². The van der Waals surface area contributed by atoms with Gasteiger partial charge in [-0.3, -0.25) is 9.48 Å². The number of nitrogens with one attached hydrogen (secondary N) is 1. The number of halogens is 1. The number of anilines is 1. The highest BCUT2D eigenvalue weighted by Crippen LogP contribution is 2.30. The fourth-order valence-corrected chi connectivity index (χ4v) is 2.83. The molecule has 1 atom stereocenters. The highest BCUT2D eigenvalue weighted by Gasteiger charge is 2.20. The SMILES string of the molecule is CSCC[C@H](N)C(=O)Nc1c(-c2ccccc2)c(C)nn1C.Cl. The van der Waals surface area contributed by atoms with E-state index in [1.54, 1.807) is 16.4 Å². The van der Waals surface area contributed by atoms with Crippen LogP contribution in [-0.4, -0.2) is 33.7 Å². The van der Waals surface area contributed by atoms with Crippen molar-refractivity contribution in [3.05, 3.63) is 36.0 Å². The molecule has 2 aromatic rings. The number of aromatic nitrogens is 2. The van der Waals surface area contributed by atoms with E-state index >= 15 is 0 Å². The van der Waals surface area contributed by atoms with Gasteiger partial charge in [0.15, 0.2) is 0 Å². The van der Waals surface area contributed by atoms with Crippen molar-refractivity contribution in [2.45, 2.75) is 19.4 Å². The maximum atomic E-state index is 12.3. The Morgan fingerprint density at radius 2 is 2.04 bits per heavy atom. The molecule has 0 aliphatic heterocycles. The zero-order valence-corrected chi connectivity index (χ0v) is 15.2. The third-order valence-corrected chi connectivity index (χ3v) is 4.14. The zero-order valence-electron chi connectivity index (χ0n) is 13.6. The second-order valence-electron chi connectivity index (χ2n) is 5.18. The molecule has 0 saturated heterocycles. The van der Waals surface area contributed by atoms with Crippen molar-refractivity contribution >= 4 is 35.9 Å². The van der Waals surface area contributed by atoms with Gasteiger partial charge in [0.2, 0.25) is 5.91 Å². The standard InChI is InChI=1S/C16H22N4OS.ClH/c1-11-14(12-7-5-4-6-8-12)15(20(2)19-11)18-16(21)13(17)9-10-22-3;/h4-8,13H,9-10,17H2,1-3H3,(H,18,21);1H/t13-;/m0./s1. The van der Waals surface area contributed by atoms with Gasteiger partial charge in [-0.25, -0.2) is 0 Å². The molecular formula is C16H23ClN4OS. The maximum absolute atomic E-state index is 12.3. The molecule has 1 amide bonds. The first kappa shape index (κ1) is 19.5.